The van der Waals surface area contributed by atoms with Gasteiger partial charge >= 0.3 is 0 Å². The van der Waals surface area contributed by atoms with E-state index in [1.807, 2.05) is 0 Å². The summed E-state index contributed by atoms with van der Waals surface area (Å²) < 4.78 is 377. The van der Waals surface area contributed by atoms with Gasteiger partial charge in [-0.05, 0) is 0 Å². The number of methoxy groups -OCH3 is 8. The number of carbonyl (C=O) groups is 2. The maximum absolute atomic E-state index is 13.2. The van der Waals surface area contributed by atoms with E-state index in [4.69, 9.17) is 80.5 Å². The molecule has 5 rings (SSSR count). The Hall–Kier alpha value is -2.65. The predicted octanol–water partition coefficient (Wildman–Crippen LogP) is -12.8. The van der Waals surface area contributed by atoms with Gasteiger partial charge in [0.25, 0.3) is 0 Å². The Balaban J connectivity index is 1.63. The zero-order valence-electron chi connectivity index (χ0n) is 48.4. The smallest absolute Gasteiger partial charge is 0.218 e. The van der Waals surface area contributed by atoms with Crippen LogP contribution < -0.4 is 10.2 Å². The summed E-state index contributed by atoms with van der Waals surface area (Å²) in [5.74, 6) is -4.89. The Morgan fingerprint density at radius 2 is 0.511 bits per heavy atom. The molecule has 0 amide bonds. The number of hydrogen-bond acceptors (Lipinski definition) is 49. The molecule has 94 heavy (non-hydrogen) atoms. The Kier molecular flexibility index (Phi) is 29.0. The molecule has 0 spiro atoms. The van der Waals surface area contributed by atoms with Gasteiger partial charge < -0.3 is 132 Å². The molecule has 5 aliphatic heterocycles. The van der Waals surface area contributed by atoms with E-state index in [1.165, 1.54) is 0 Å². The van der Waals surface area contributed by atoms with E-state index in [2.05, 4.69) is 29.3 Å². The third-order valence-corrected chi connectivity index (χ3v) is 16.7. The summed E-state index contributed by atoms with van der Waals surface area (Å²) in [5.41, 5.74) is 0. The molecule has 5 fully saturated rings. The fraction of sp³-hybridized carbons (Fsp3) is 0.947. The predicted molar refractivity (Wildman–Crippen MR) is 261 cm³/mol. The van der Waals surface area contributed by atoms with E-state index in [0.717, 1.165) is 35.5 Å². The number of carbonyl (C=O) groups excluding carboxylic acids is 2. The summed E-state index contributed by atoms with van der Waals surface area (Å²) in [7, 11) is -36.0. The van der Waals surface area contributed by atoms with Crippen molar-refractivity contribution >= 4 is 84.7 Å². The summed E-state index contributed by atoms with van der Waals surface area (Å²) in [6.45, 7) is -4.69. The first-order valence-corrected chi connectivity index (χ1v) is 34.5. The van der Waals surface area contributed by atoms with Crippen molar-refractivity contribution < 1.29 is 220 Å². The first kappa shape index (κ1) is 82.0. The Morgan fingerprint density at radius 3 is 0.777 bits per heavy atom. The minimum Gasteiger partial charge on any atom is -0.726 e. The van der Waals surface area contributed by atoms with E-state index in [1.54, 1.807) is 0 Å². The number of hydrogen-bond donors (Lipinski definition) is 0. The van der Waals surface area contributed by atoms with Crippen LogP contribution in [0.2, 0.25) is 0 Å². The van der Waals surface area contributed by atoms with Gasteiger partial charge in [-0.1, -0.05) is 0 Å². The van der Waals surface area contributed by atoms with Crippen LogP contribution in [0.1, 0.15) is 0 Å². The quantitative estimate of drug-likeness (QED) is 0.0420. The molecule has 0 aromatic heterocycles. The third-order valence-electron chi connectivity index (χ3n) is 13.6. The highest BCUT2D eigenvalue weighted by Crippen LogP contribution is 2.41. The van der Waals surface area contributed by atoms with Crippen molar-refractivity contribution in [2.24, 2.45) is 0 Å². The van der Waals surface area contributed by atoms with Crippen molar-refractivity contribution in [1.82, 2.24) is 0 Å². The molecule has 552 valence electrons. The average molecular weight is 1520 g/mol. The molecule has 0 saturated carbocycles. The third kappa shape index (κ3) is 22.7. The molecular formula is C38H55O49S7-9. The Morgan fingerprint density at radius 1 is 0.277 bits per heavy atom. The van der Waals surface area contributed by atoms with Crippen LogP contribution in [0.4, 0.5) is 0 Å². The van der Waals surface area contributed by atoms with Crippen molar-refractivity contribution in [3.05, 3.63) is 0 Å². The molecule has 0 aromatic rings. The molecule has 0 N–H and O–H groups in total. The van der Waals surface area contributed by atoms with Crippen molar-refractivity contribution in [2.45, 2.75) is 154 Å². The molecule has 0 bridgehead atoms. The summed E-state index contributed by atoms with van der Waals surface area (Å²) in [6, 6.07) is 0. The summed E-state index contributed by atoms with van der Waals surface area (Å²) in [6.07, 6.45) is -61.9. The van der Waals surface area contributed by atoms with Crippen molar-refractivity contribution in [3.63, 3.8) is 0 Å². The number of aliphatic carboxylic acids is 2. The molecule has 56 heteroatoms. The number of ether oxygens (including phenoxy) is 17. The minimum absolute atomic E-state index is 0.637. The van der Waals surface area contributed by atoms with E-state index in [9.17, 15) is 111 Å². The lowest BCUT2D eigenvalue weighted by atomic mass is 9.94. The number of carboxylic acids is 2. The first-order chi connectivity index (χ1) is 43.2. The summed E-state index contributed by atoms with van der Waals surface area (Å²) in [4.78, 5) is 26.2. The maximum atomic E-state index is 13.2. The van der Waals surface area contributed by atoms with Crippen LogP contribution in [0.5, 0.6) is 0 Å². The van der Waals surface area contributed by atoms with Gasteiger partial charge in [0.1, 0.15) is 110 Å². The van der Waals surface area contributed by atoms with Crippen LogP contribution >= 0.6 is 0 Å². The molecule has 0 aromatic carbocycles. The average Bonchev–Trinajstić information content (AvgIpc) is 0.763. The van der Waals surface area contributed by atoms with Gasteiger partial charge in [-0.3, -0.25) is 29.3 Å². The monoisotopic (exact) mass is 1520 g/mol. The lowest BCUT2D eigenvalue weighted by Gasteiger charge is -2.52. The van der Waals surface area contributed by atoms with Crippen molar-refractivity contribution in [3.8, 4) is 0 Å². The lowest BCUT2D eigenvalue weighted by Crippen LogP contribution is -2.70. The number of carboxylic acid groups (broad SMARTS) is 2. The van der Waals surface area contributed by atoms with E-state index in [0.29, 0.717) is 21.3 Å². The maximum Gasteiger partial charge on any atom is 0.218 e. The van der Waals surface area contributed by atoms with Crippen LogP contribution in [0, 0.1) is 0 Å². The zero-order valence-corrected chi connectivity index (χ0v) is 54.1. The Labute approximate surface area is 533 Å². The second kappa shape index (κ2) is 33.2. The van der Waals surface area contributed by atoms with Gasteiger partial charge in [-0.25, -0.2) is 58.9 Å². The molecule has 5 saturated heterocycles. The lowest BCUT2D eigenvalue weighted by molar-refractivity contribution is -0.400. The van der Waals surface area contributed by atoms with E-state index >= 15 is 0 Å². The first-order valence-electron chi connectivity index (χ1n) is 25.2. The van der Waals surface area contributed by atoms with E-state index in [-0.39, 0.29) is 0 Å². The molecule has 0 unspecified atom stereocenters. The largest absolute Gasteiger partial charge is 0.726 e. The SMILES string of the molecule is CO[C@H]1O[C@H](COS(=O)(=O)[O-])[C@@H](O[C@H]2O[C@@H](C(=O)[O-])[C@@H](O[C@H]3O[C@H](COS(=O)(=O)[O-])[C@@H](O[C@@H]4O[C@H](C(=O)[O-])[C@@H](O[C@H]5O[C@H](COS(=O)(=O)[O-])[C@@H](OC)[C@H](OC)[C@H]5OC)[C@H](OC)[C@H]4OC)[C@H](OS(=O)(=O)[O-])[C@H]3OS(=O)(=O)[O-])[C@H](OC)[C@H]2OC)[C@H](OS(=O)(=O)[O-])[C@H]1OS(=O)(=O)[O-]. The molecule has 5 aliphatic rings. The van der Waals surface area contributed by atoms with Gasteiger partial charge in [0.2, 0.25) is 72.8 Å². The van der Waals surface area contributed by atoms with Crippen LogP contribution in [-0.4, -0.2) is 333 Å². The molecular weight excluding hydrogens is 1460 g/mol. The highest BCUT2D eigenvalue weighted by Gasteiger charge is 2.61. The molecule has 5 heterocycles. The molecule has 0 aliphatic carbocycles. The highest BCUT2D eigenvalue weighted by molar-refractivity contribution is 7.82. The fourth-order valence-electron chi connectivity index (χ4n) is 10.2. The summed E-state index contributed by atoms with van der Waals surface area (Å²) >= 11 is 0. The fourth-order valence-corrected chi connectivity index (χ4v) is 13.0. The van der Waals surface area contributed by atoms with Crippen LogP contribution in [0.25, 0.3) is 0 Å². The Bertz CT molecular complexity index is 3340. The van der Waals surface area contributed by atoms with Crippen molar-refractivity contribution in [1.29, 1.82) is 0 Å². The molecule has 49 nitrogen and oxygen atoms in total. The van der Waals surface area contributed by atoms with Gasteiger partial charge in [0.05, 0.1) is 31.8 Å². The van der Waals surface area contributed by atoms with Gasteiger partial charge in [0.15, 0.2) is 43.7 Å². The summed E-state index contributed by atoms with van der Waals surface area (Å²) in [5, 5.41) is 26.2. The molecule has 25 atom stereocenters. The zero-order chi connectivity index (χ0) is 71.2. The second-order valence-corrected chi connectivity index (χ2v) is 26.3. The van der Waals surface area contributed by atoms with Crippen LogP contribution in [-0.2, 0) is 192 Å². The topological polar surface area (TPSA) is 702 Å². The standard InChI is InChI=1S/C38H64O49S7/c1-64-15-12(9-72-88(43,44)45)76-35(27(68-5)18(15)65-2)80-21-19(66-3)28(69-6)37(82-25(21)32(39)40)79-17-14(11-74-90(49,50)51)77-38(31(87-94(61,62)63)24(17)85-92(55,56)57)81-22-20(67-4)29(70-7)36(83-26(22)33(41)42)78-16-13(10-73-89(46,47)48)75-34(71-8)30(86-93(58,59)60)23(16)84-91(52,53)54/h12-31,34-38H,9-11H2,1-8H3,(H,39,40)(H,41,42)(H,43,44,45)(H,46,47,48)(H,49,50,51)(H,52,53,54)(H,55,56,57)(H,58,59,60)(H,61,62,63)/p-9/t12-,13-,14-,15-,16-,17-,18+,19+,20+,21+,22+,23+,24+,25+,26-,27-,28-,29-,30-,31-,34+,35-,36+,37-,38-/m1/s1. The highest BCUT2D eigenvalue weighted by atomic mass is 32.3. The number of rotatable bonds is 35. The molecule has 0 radical (unpaired) electrons. The van der Waals surface area contributed by atoms with Crippen LogP contribution in [0.3, 0.4) is 0 Å². The van der Waals surface area contributed by atoms with E-state index < -0.39 is 258 Å². The van der Waals surface area contributed by atoms with Crippen molar-refractivity contribution in [2.75, 3.05) is 76.7 Å². The van der Waals surface area contributed by atoms with Gasteiger partial charge in [-0.2, -0.15) is 0 Å². The van der Waals surface area contributed by atoms with Gasteiger partial charge in [-0.15, -0.1) is 0 Å². The minimum atomic E-state index is -6.52. The normalized spacial score (nSPS) is 37.6. The van der Waals surface area contributed by atoms with Gasteiger partial charge in [0, 0.05) is 56.9 Å². The second-order valence-electron chi connectivity index (χ2n) is 19.1. The van der Waals surface area contributed by atoms with Crippen LogP contribution in [0.15, 0.2) is 0 Å².